The van der Waals surface area contributed by atoms with Gasteiger partial charge in [-0.2, -0.15) is 0 Å². The molecule has 0 unspecified atom stereocenters. The average molecular weight is 361 g/mol. The van der Waals surface area contributed by atoms with Gasteiger partial charge < -0.3 is 14.5 Å². The summed E-state index contributed by atoms with van der Waals surface area (Å²) in [5.74, 6) is 0.905. The zero-order chi connectivity index (χ0) is 18.8. The molecule has 0 radical (unpaired) electrons. The van der Waals surface area contributed by atoms with Crippen LogP contribution in [0.2, 0.25) is 0 Å². The zero-order valence-electron chi connectivity index (χ0n) is 16.4. The first-order valence-electron chi connectivity index (χ1n) is 9.63. The van der Waals surface area contributed by atoms with E-state index in [0.717, 1.165) is 36.2 Å². The standard InChI is InChI=1S/C23H27N3O/c1-17(26-11-10-18-6-4-5-7-23(18)26)20-14-19-15-21(27-13-12-25(2)3)8-9-22(19)24-16-20/h4-9,14-17H,10-13H2,1-3H3/t17-/m0/s1. The summed E-state index contributed by atoms with van der Waals surface area (Å²) < 4.78 is 5.89. The highest BCUT2D eigenvalue weighted by Crippen LogP contribution is 2.35. The highest BCUT2D eigenvalue weighted by atomic mass is 16.5. The third-order valence-corrected chi connectivity index (χ3v) is 5.35. The van der Waals surface area contributed by atoms with Crippen LogP contribution in [0, 0.1) is 0 Å². The molecule has 0 saturated heterocycles. The molecule has 0 amide bonds. The molecule has 2 heterocycles. The van der Waals surface area contributed by atoms with Crippen LogP contribution < -0.4 is 9.64 Å². The second-order valence-corrected chi connectivity index (χ2v) is 7.52. The molecule has 0 bridgehead atoms. The Labute approximate surface area is 161 Å². The SMILES string of the molecule is C[C@@H](c1cnc2ccc(OCCN(C)C)cc2c1)N1CCc2ccccc21. The van der Waals surface area contributed by atoms with Crippen LogP contribution in [-0.4, -0.2) is 43.7 Å². The molecular weight excluding hydrogens is 334 g/mol. The smallest absolute Gasteiger partial charge is 0.120 e. The van der Waals surface area contributed by atoms with E-state index in [4.69, 9.17) is 4.74 Å². The summed E-state index contributed by atoms with van der Waals surface area (Å²) in [6, 6.07) is 17.4. The minimum Gasteiger partial charge on any atom is -0.492 e. The first-order chi connectivity index (χ1) is 13.1. The number of ether oxygens (including phenoxy) is 1. The summed E-state index contributed by atoms with van der Waals surface area (Å²) in [4.78, 5) is 9.29. The fraction of sp³-hybridized carbons (Fsp3) is 0.348. The van der Waals surface area contributed by atoms with Crippen LogP contribution >= 0.6 is 0 Å². The Morgan fingerprint density at radius 3 is 2.85 bits per heavy atom. The molecule has 4 heteroatoms. The third-order valence-electron chi connectivity index (χ3n) is 5.35. The predicted molar refractivity (Wildman–Crippen MR) is 112 cm³/mol. The van der Waals surface area contributed by atoms with Gasteiger partial charge in [-0.05, 0) is 68.9 Å². The third kappa shape index (κ3) is 3.76. The number of nitrogens with zero attached hydrogens (tertiary/aromatic N) is 3. The van der Waals surface area contributed by atoms with Crippen molar-refractivity contribution in [2.24, 2.45) is 0 Å². The molecule has 3 aromatic rings. The first kappa shape index (κ1) is 17.8. The molecule has 1 aromatic heterocycles. The number of benzene rings is 2. The van der Waals surface area contributed by atoms with E-state index >= 15 is 0 Å². The average Bonchev–Trinajstić information content (AvgIpc) is 3.10. The molecule has 4 rings (SSSR count). The van der Waals surface area contributed by atoms with Crippen molar-refractivity contribution in [1.29, 1.82) is 0 Å². The molecular formula is C23H27N3O. The lowest BCUT2D eigenvalue weighted by Crippen LogP contribution is -2.24. The Kier molecular flexibility index (Phi) is 4.99. The number of pyridine rings is 1. The van der Waals surface area contributed by atoms with Gasteiger partial charge >= 0.3 is 0 Å². The normalized spacial score (nSPS) is 14.6. The minimum atomic E-state index is 0.295. The summed E-state index contributed by atoms with van der Waals surface area (Å²) in [5.41, 5.74) is 5.04. The summed E-state index contributed by atoms with van der Waals surface area (Å²) in [5, 5.41) is 1.13. The second-order valence-electron chi connectivity index (χ2n) is 7.52. The van der Waals surface area contributed by atoms with Crippen molar-refractivity contribution in [3.05, 3.63) is 65.9 Å². The van der Waals surface area contributed by atoms with Gasteiger partial charge in [-0.15, -0.1) is 0 Å². The molecule has 0 aliphatic carbocycles. The van der Waals surface area contributed by atoms with Gasteiger partial charge in [0.25, 0.3) is 0 Å². The van der Waals surface area contributed by atoms with E-state index in [1.165, 1.54) is 16.8 Å². The van der Waals surface area contributed by atoms with Crippen molar-refractivity contribution in [2.75, 3.05) is 38.7 Å². The van der Waals surface area contributed by atoms with Crippen LogP contribution in [0.15, 0.2) is 54.7 Å². The highest BCUT2D eigenvalue weighted by molar-refractivity contribution is 5.80. The van der Waals surface area contributed by atoms with Gasteiger partial charge in [-0.1, -0.05) is 18.2 Å². The highest BCUT2D eigenvalue weighted by Gasteiger charge is 2.24. The van der Waals surface area contributed by atoms with Gasteiger partial charge in [0, 0.05) is 30.4 Å². The Morgan fingerprint density at radius 1 is 1.15 bits per heavy atom. The molecule has 140 valence electrons. The van der Waals surface area contributed by atoms with Gasteiger partial charge in [0.05, 0.1) is 11.6 Å². The van der Waals surface area contributed by atoms with E-state index < -0.39 is 0 Å². The summed E-state index contributed by atoms with van der Waals surface area (Å²) in [6.45, 7) is 4.92. The Bertz CT molecular complexity index is 938. The fourth-order valence-corrected chi connectivity index (χ4v) is 3.74. The first-order valence-corrected chi connectivity index (χ1v) is 9.63. The lowest BCUT2D eigenvalue weighted by molar-refractivity contribution is 0.261. The fourth-order valence-electron chi connectivity index (χ4n) is 3.74. The number of rotatable bonds is 6. The van der Waals surface area contributed by atoms with E-state index in [1.807, 2.05) is 18.3 Å². The van der Waals surface area contributed by atoms with Crippen molar-refractivity contribution in [1.82, 2.24) is 9.88 Å². The predicted octanol–water partition coefficient (Wildman–Crippen LogP) is 4.30. The lowest BCUT2D eigenvalue weighted by Gasteiger charge is -2.27. The van der Waals surface area contributed by atoms with Crippen molar-refractivity contribution < 1.29 is 4.74 Å². The molecule has 0 fully saturated rings. The van der Waals surface area contributed by atoms with E-state index in [-0.39, 0.29) is 0 Å². The topological polar surface area (TPSA) is 28.6 Å². The Hall–Kier alpha value is -2.59. The summed E-state index contributed by atoms with van der Waals surface area (Å²) in [6.07, 6.45) is 3.13. The van der Waals surface area contributed by atoms with Gasteiger partial charge in [-0.3, -0.25) is 4.98 Å². The molecule has 1 aliphatic rings. The van der Waals surface area contributed by atoms with Crippen molar-refractivity contribution in [2.45, 2.75) is 19.4 Å². The number of hydrogen-bond acceptors (Lipinski definition) is 4. The number of aromatic nitrogens is 1. The molecule has 0 saturated carbocycles. The van der Waals surface area contributed by atoms with Crippen LogP contribution in [0.3, 0.4) is 0 Å². The molecule has 1 aliphatic heterocycles. The Morgan fingerprint density at radius 2 is 2.00 bits per heavy atom. The van der Waals surface area contributed by atoms with Crippen LogP contribution in [0.25, 0.3) is 10.9 Å². The quantitative estimate of drug-likeness (QED) is 0.654. The molecule has 27 heavy (non-hydrogen) atoms. The van der Waals surface area contributed by atoms with E-state index in [9.17, 15) is 0 Å². The maximum Gasteiger partial charge on any atom is 0.120 e. The number of para-hydroxylation sites is 1. The number of fused-ring (bicyclic) bond motifs is 2. The van der Waals surface area contributed by atoms with Crippen molar-refractivity contribution in [3.63, 3.8) is 0 Å². The largest absolute Gasteiger partial charge is 0.492 e. The van der Waals surface area contributed by atoms with Gasteiger partial charge in [0.2, 0.25) is 0 Å². The zero-order valence-corrected chi connectivity index (χ0v) is 16.4. The summed E-state index contributed by atoms with van der Waals surface area (Å²) in [7, 11) is 4.11. The van der Waals surface area contributed by atoms with Crippen LogP contribution in [0.1, 0.15) is 24.1 Å². The van der Waals surface area contributed by atoms with Gasteiger partial charge in [-0.25, -0.2) is 0 Å². The lowest BCUT2D eigenvalue weighted by atomic mass is 10.1. The van der Waals surface area contributed by atoms with Crippen LogP contribution in [-0.2, 0) is 6.42 Å². The number of likely N-dealkylation sites (N-methyl/N-ethyl adjacent to an activating group) is 1. The summed E-state index contributed by atoms with van der Waals surface area (Å²) >= 11 is 0. The second kappa shape index (κ2) is 7.57. The van der Waals surface area contributed by atoms with Gasteiger partial charge in [0.1, 0.15) is 12.4 Å². The molecule has 1 atom stereocenters. The molecule has 4 nitrogen and oxygen atoms in total. The van der Waals surface area contributed by atoms with Crippen LogP contribution in [0.5, 0.6) is 5.75 Å². The van der Waals surface area contributed by atoms with Crippen LogP contribution in [0.4, 0.5) is 5.69 Å². The maximum atomic E-state index is 5.89. The van der Waals surface area contributed by atoms with Crippen molar-refractivity contribution in [3.8, 4) is 5.75 Å². The van der Waals surface area contributed by atoms with Crippen molar-refractivity contribution >= 4 is 16.6 Å². The van der Waals surface area contributed by atoms with Gasteiger partial charge in [0.15, 0.2) is 0 Å². The van der Waals surface area contributed by atoms with E-state index in [1.54, 1.807) is 0 Å². The number of anilines is 1. The molecule has 0 spiro atoms. The van der Waals surface area contributed by atoms with E-state index in [0.29, 0.717) is 12.6 Å². The van der Waals surface area contributed by atoms with E-state index in [2.05, 4.69) is 72.2 Å². The Balaban J connectivity index is 1.57. The maximum absolute atomic E-state index is 5.89. The monoisotopic (exact) mass is 361 g/mol. The molecule has 0 N–H and O–H groups in total. The minimum absolute atomic E-state index is 0.295. The number of hydrogen-bond donors (Lipinski definition) is 0. The molecule has 2 aromatic carbocycles.